The number of benzene rings is 3. The van der Waals surface area contributed by atoms with Gasteiger partial charge in [0, 0.05) is 52.9 Å². The molecule has 202 valence electrons. The smallest absolute Gasteiger partial charge is 0.259 e. The maximum Gasteiger partial charge on any atom is 0.259 e. The quantitative estimate of drug-likeness (QED) is 0.166. The molecule has 1 unspecified atom stereocenters. The number of imide groups is 1. The number of fused-ring (bicyclic) bond motifs is 5. The van der Waals surface area contributed by atoms with E-state index in [-0.39, 0.29) is 22.9 Å². The van der Waals surface area contributed by atoms with E-state index in [9.17, 15) is 14.7 Å². The average Bonchev–Trinajstić information content (AvgIpc) is 3.40. The molecule has 2 amide bonds. The summed E-state index contributed by atoms with van der Waals surface area (Å²) in [6.45, 7) is 3.21. The van der Waals surface area contributed by atoms with E-state index in [1.165, 1.54) is 0 Å². The van der Waals surface area contributed by atoms with E-state index in [2.05, 4.69) is 22.5 Å². The third-order valence-electron chi connectivity index (χ3n) is 7.43. The van der Waals surface area contributed by atoms with E-state index < -0.39 is 11.8 Å². The van der Waals surface area contributed by atoms with Crippen molar-refractivity contribution in [1.82, 2.24) is 20.2 Å². The molecule has 0 aliphatic carbocycles. The topological polar surface area (TPSA) is 105 Å². The van der Waals surface area contributed by atoms with Crippen molar-refractivity contribution in [3.8, 4) is 22.6 Å². The van der Waals surface area contributed by atoms with Crippen molar-refractivity contribution in [3.63, 3.8) is 0 Å². The van der Waals surface area contributed by atoms with Gasteiger partial charge < -0.3 is 19.7 Å². The summed E-state index contributed by atoms with van der Waals surface area (Å²) in [4.78, 5) is 30.1. The molecule has 3 heterocycles. The molecule has 1 aliphatic rings. The van der Waals surface area contributed by atoms with Gasteiger partial charge in [0.05, 0.1) is 28.8 Å². The standard InChI is InChI=1S/C31H27ClN4O4/c1-17(18-7-5-10-33-16-18)34-11-6-12-40-26-15-23-21(14-25(26)37)27-24(36(23)2)13-20(19-8-3-4-9-22(19)32)28-29(27)31(39)35-30(28)38/h3-5,7-10,13-17,34,37H,6,11-12H2,1-2H3,(H,35,38,39). The molecule has 8 nitrogen and oxygen atoms in total. The normalized spacial score (nSPS) is 13.6. The summed E-state index contributed by atoms with van der Waals surface area (Å²) in [5, 5.41) is 18.5. The average molecular weight is 555 g/mol. The van der Waals surface area contributed by atoms with E-state index in [1.807, 2.05) is 54.2 Å². The van der Waals surface area contributed by atoms with Crippen molar-refractivity contribution < 1.29 is 19.4 Å². The van der Waals surface area contributed by atoms with Gasteiger partial charge in [0.1, 0.15) is 0 Å². The molecule has 3 N–H and O–H groups in total. The van der Waals surface area contributed by atoms with Crippen LogP contribution >= 0.6 is 11.6 Å². The maximum atomic E-state index is 13.0. The molecule has 0 radical (unpaired) electrons. The minimum atomic E-state index is -0.473. The SMILES string of the molecule is CC(NCCCOc1cc2c(cc1O)c1c3c(c(-c4ccccc4Cl)cc1n2C)C(=O)NC3=O)c1cccnc1. The van der Waals surface area contributed by atoms with Crippen LogP contribution in [-0.2, 0) is 7.05 Å². The highest BCUT2D eigenvalue weighted by molar-refractivity contribution is 6.36. The van der Waals surface area contributed by atoms with Gasteiger partial charge in [-0.3, -0.25) is 19.9 Å². The van der Waals surface area contributed by atoms with Crippen LogP contribution in [0, 0.1) is 0 Å². The maximum absolute atomic E-state index is 13.0. The van der Waals surface area contributed by atoms with Gasteiger partial charge in [-0.25, -0.2) is 0 Å². The number of aromatic hydroxyl groups is 1. The summed E-state index contributed by atoms with van der Waals surface area (Å²) in [6, 6.07) is 16.6. The lowest BCUT2D eigenvalue weighted by molar-refractivity contribution is 0.0880. The Labute approximate surface area is 235 Å². The summed E-state index contributed by atoms with van der Waals surface area (Å²) >= 11 is 6.49. The first kappa shape index (κ1) is 25.9. The van der Waals surface area contributed by atoms with Crippen molar-refractivity contribution in [2.75, 3.05) is 13.2 Å². The van der Waals surface area contributed by atoms with Gasteiger partial charge in [0.25, 0.3) is 11.8 Å². The number of ether oxygens (including phenoxy) is 1. The number of aryl methyl sites for hydroxylation is 1. The van der Waals surface area contributed by atoms with E-state index in [0.29, 0.717) is 39.3 Å². The fourth-order valence-corrected chi connectivity index (χ4v) is 5.63. The zero-order chi connectivity index (χ0) is 28.0. The largest absolute Gasteiger partial charge is 0.504 e. The van der Waals surface area contributed by atoms with Gasteiger partial charge in [-0.05, 0) is 55.3 Å². The fraction of sp³-hybridized carbons (Fsp3) is 0.194. The molecule has 6 rings (SSSR count). The zero-order valence-electron chi connectivity index (χ0n) is 22.0. The first-order valence-electron chi connectivity index (χ1n) is 13.0. The Balaban J connectivity index is 1.33. The fourth-order valence-electron chi connectivity index (χ4n) is 5.39. The van der Waals surface area contributed by atoms with Gasteiger partial charge in [0.2, 0.25) is 0 Å². The minimum Gasteiger partial charge on any atom is -0.504 e. The Morgan fingerprint density at radius 3 is 2.62 bits per heavy atom. The summed E-state index contributed by atoms with van der Waals surface area (Å²) in [7, 11) is 1.88. The molecule has 3 aromatic carbocycles. The second kappa shape index (κ2) is 10.3. The van der Waals surface area contributed by atoms with Gasteiger partial charge in [-0.1, -0.05) is 35.9 Å². The molecule has 0 saturated carbocycles. The number of carbonyl (C=O) groups is 2. The Hall–Kier alpha value is -4.40. The van der Waals surface area contributed by atoms with Crippen LogP contribution in [0.3, 0.4) is 0 Å². The molecule has 0 spiro atoms. The van der Waals surface area contributed by atoms with Crippen LogP contribution in [0.1, 0.15) is 45.7 Å². The van der Waals surface area contributed by atoms with Crippen molar-refractivity contribution in [2.24, 2.45) is 7.05 Å². The highest BCUT2D eigenvalue weighted by atomic mass is 35.5. The molecule has 0 saturated heterocycles. The summed E-state index contributed by atoms with van der Waals surface area (Å²) in [6.07, 6.45) is 4.33. The first-order chi connectivity index (χ1) is 19.3. The summed E-state index contributed by atoms with van der Waals surface area (Å²) in [5.74, 6) is -0.628. The molecular formula is C31H27ClN4O4. The van der Waals surface area contributed by atoms with E-state index in [0.717, 1.165) is 29.6 Å². The van der Waals surface area contributed by atoms with Crippen LogP contribution in [0.5, 0.6) is 11.5 Å². The predicted molar refractivity (Wildman–Crippen MR) is 155 cm³/mol. The van der Waals surface area contributed by atoms with E-state index in [1.54, 1.807) is 24.4 Å². The van der Waals surface area contributed by atoms with E-state index >= 15 is 0 Å². The molecule has 0 bridgehead atoms. The second-order valence-corrected chi connectivity index (χ2v) is 10.3. The highest BCUT2D eigenvalue weighted by Gasteiger charge is 2.34. The molecule has 0 fully saturated rings. The zero-order valence-corrected chi connectivity index (χ0v) is 22.7. The number of hydrogen-bond donors (Lipinski definition) is 3. The number of rotatable bonds is 8. The Kier molecular flexibility index (Phi) is 6.65. The van der Waals surface area contributed by atoms with Gasteiger partial charge >= 0.3 is 0 Å². The molecule has 1 aliphatic heterocycles. The summed E-state index contributed by atoms with van der Waals surface area (Å²) < 4.78 is 7.89. The monoisotopic (exact) mass is 554 g/mol. The second-order valence-electron chi connectivity index (χ2n) is 9.89. The van der Waals surface area contributed by atoms with Crippen LogP contribution in [0.4, 0.5) is 0 Å². The lowest BCUT2D eigenvalue weighted by Gasteiger charge is -2.14. The van der Waals surface area contributed by atoms with Crippen molar-refractivity contribution in [2.45, 2.75) is 19.4 Å². The van der Waals surface area contributed by atoms with Crippen LogP contribution < -0.4 is 15.4 Å². The van der Waals surface area contributed by atoms with Crippen LogP contribution in [0.15, 0.2) is 67.0 Å². The molecule has 40 heavy (non-hydrogen) atoms. The van der Waals surface area contributed by atoms with Crippen LogP contribution in [0.25, 0.3) is 32.9 Å². The Bertz CT molecular complexity index is 1800. The number of pyridine rings is 1. The molecule has 2 aromatic heterocycles. The highest BCUT2D eigenvalue weighted by Crippen LogP contribution is 2.44. The number of phenols is 1. The van der Waals surface area contributed by atoms with E-state index in [4.69, 9.17) is 16.3 Å². The van der Waals surface area contributed by atoms with Gasteiger partial charge in [0.15, 0.2) is 11.5 Å². The number of aromatic nitrogens is 2. The number of nitrogens with one attached hydrogen (secondary N) is 2. The number of hydrogen-bond acceptors (Lipinski definition) is 6. The van der Waals surface area contributed by atoms with Crippen molar-refractivity contribution >= 4 is 45.2 Å². The van der Waals surface area contributed by atoms with Crippen molar-refractivity contribution in [1.29, 1.82) is 0 Å². The van der Waals surface area contributed by atoms with Crippen LogP contribution in [0.2, 0.25) is 5.02 Å². The Morgan fingerprint density at radius 2 is 1.85 bits per heavy atom. The third-order valence-corrected chi connectivity index (χ3v) is 7.76. The third kappa shape index (κ3) is 4.35. The molecule has 9 heteroatoms. The predicted octanol–water partition coefficient (Wildman–Crippen LogP) is 5.76. The van der Waals surface area contributed by atoms with Gasteiger partial charge in [-0.2, -0.15) is 0 Å². The lowest BCUT2D eigenvalue weighted by atomic mass is 9.93. The first-order valence-corrected chi connectivity index (χ1v) is 13.4. The number of halogens is 1. The minimum absolute atomic E-state index is 0.0367. The molecule has 1 atom stereocenters. The number of nitrogens with zero attached hydrogens (tertiary/aromatic N) is 2. The van der Waals surface area contributed by atoms with Crippen LogP contribution in [-0.4, -0.2) is 39.6 Å². The summed E-state index contributed by atoms with van der Waals surface area (Å²) in [5.41, 5.74) is 4.42. The lowest BCUT2D eigenvalue weighted by Crippen LogP contribution is -2.21. The number of carbonyl (C=O) groups excluding carboxylic acids is 2. The van der Waals surface area contributed by atoms with Crippen molar-refractivity contribution in [3.05, 3.63) is 88.7 Å². The number of amides is 2. The van der Waals surface area contributed by atoms with Gasteiger partial charge in [-0.15, -0.1) is 0 Å². The molecule has 5 aromatic rings. The Morgan fingerprint density at radius 1 is 1.05 bits per heavy atom. The number of phenolic OH excluding ortho intramolecular Hbond substituents is 1. The molecular weight excluding hydrogens is 528 g/mol.